The van der Waals surface area contributed by atoms with Gasteiger partial charge in [-0.2, -0.15) is 0 Å². The summed E-state index contributed by atoms with van der Waals surface area (Å²) < 4.78 is 5.50. The minimum Gasteiger partial charge on any atom is -0.475 e. The molecule has 15 heavy (non-hydrogen) atoms. The first kappa shape index (κ1) is 12.5. The normalized spacial score (nSPS) is 22.4. The molecule has 0 atom stereocenters. The van der Waals surface area contributed by atoms with Crippen LogP contribution < -0.4 is 10.6 Å². The van der Waals surface area contributed by atoms with Crippen molar-refractivity contribution in [1.29, 1.82) is 0 Å². The lowest BCUT2D eigenvalue weighted by molar-refractivity contribution is 0.225. The average molecular weight is 251 g/mol. The van der Waals surface area contributed by atoms with Crippen molar-refractivity contribution < 1.29 is 4.74 Å². The molecule has 0 aromatic heterocycles. The number of ether oxygens (including phenoxy) is 1. The predicted octanol–water partition coefficient (Wildman–Crippen LogP) is 2.05. The van der Waals surface area contributed by atoms with Crippen molar-refractivity contribution in [2.75, 3.05) is 13.3 Å². The molecule has 0 saturated carbocycles. The van der Waals surface area contributed by atoms with E-state index in [0.29, 0.717) is 6.73 Å². The van der Waals surface area contributed by atoms with E-state index < -0.39 is 0 Å². The van der Waals surface area contributed by atoms with E-state index in [1.807, 2.05) is 0 Å². The Morgan fingerprint density at radius 1 is 1.00 bits per heavy atom. The fourth-order valence-electron chi connectivity index (χ4n) is 2.29. The van der Waals surface area contributed by atoms with E-state index in [4.69, 9.17) is 4.74 Å². The third kappa shape index (κ3) is 2.18. The van der Waals surface area contributed by atoms with Crippen LogP contribution in [0.2, 0.25) is 0 Å². The molecule has 2 N–H and O–H groups in total. The minimum absolute atomic E-state index is 0. The number of hydrogen-bond donors (Lipinski definition) is 2. The fraction of sp³-hybridized carbons (Fsp3) is 0.600. The Balaban J connectivity index is 0.000000562. The molecule has 3 aliphatic rings. The fourth-order valence-corrected chi connectivity index (χ4v) is 2.29. The van der Waals surface area contributed by atoms with Crippen molar-refractivity contribution in [2.45, 2.75) is 25.7 Å². The second kappa shape index (κ2) is 4.99. The van der Waals surface area contributed by atoms with Gasteiger partial charge >= 0.3 is 0 Å². The Hall–Kier alpha value is -0.540. The Bertz CT molecular complexity index is 285. The summed E-state index contributed by atoms with van der Waals surface area (Å²) in [5, 5.41) is 6.76. The van der Waals surface area contributed by atoms with E-state index in [9.17, 15) is 0 Å². The molecule has 0 amide bonds. The van der Waals surface area contributed by atoms with Gasteiger partial charge in [0, 0.05) is 25.1 Å². The Morgan fingerprint density at radius 2 is 1.87 bits per heavy atom. The van der Waals surface area contributed by atoms with Crippen LogP contribution in [0.1, 0.15) is 25.7 Å². The summed E-state index contributed by atoms with van der Waals surface area (Å²) in [6.07, 6.45) is 4.61. The van der Waals surface area contributed by atoms with Crippen LogP contribution in [0.3, 0.4) is 0 Å². The van der Waals surface area contributed by atoms with Gasteiger partial charge in [-0.15, -0.1) is 24.8 Å². The zero-order valence-electron chi connectivity index (χ0n) is 8.47. The van der Waals surface area contributed by atoms with Gasteiger partial charge in [-0.3, -0.25) is 0 Å². The maximum absolute atomic E-state index is 5.50. The SMILES string of the molecule is C1CNC2=C(C1)CC1=C(C2)OCN1.Cl.Cl. The van der Waals surface area contributed by atoms with Crippen LogP contribution in [0.4, 0.5) is 0 Å². The molecule has 5 heteroatoms. The van der Waals surface area contributed by atoms with Gasteiger partial charge in [0.1, 0.15) is 5.76 Å². The van der Waals surface area contributed by atoms with Gasteiger partial charge in [-0.1, -0.05) is 0 Å². The molecular weight excluding hydrogens is 235 g/mol. The highest BCUT2D eigenvalue weighted by Crippen LogP contribution is 2.34. The number of rotatable bonds is 0. The van der Waals surface area contributed by atoms with Crippen molar-refractivity contribution in [2.24, 2.45) is 0 Å². The first-order chi connectivity index (χ1) is 6.43. The van der Waals surface area contributed by atoms with Crippen molar-refractivity contribution >= 4 is 24.8 Å². The van der Waals surface area contributed by atoms with Gasteiger partial charge in [-0.25, -0.2) is 0 Å². The molecule has 2 heterocycles. The lowest BCUT2D eigenvalue weighted by Crippen LogP contribution is -2.25. The molecule has 0 aromatic carbocycles. The Morgan fingerprint density at radius 3 is 2.73 bits per heavy atom. The third-order valence-electron chi connectivity index (χ3n) is 3.02. The average Bonchev–Trinajstić information content (AvgIpc) is 2.61. The highest BCUT2D eigenvalue weighted by Gasteiger charge is 2.26. The van der Waals surface area contributed by atoms with Crippen LogP contribution in [0.15, 0.2) is 22.7 Å². The van der Waals surface area contributed by atoms with Gasteiger partial charge in [0.05, 0.1) is 5.70 Å². The number of allylic oxidation sites excluding steroid dienone is 1. The van der Waals surface area contributed by atoms with Crippen molar-refractivity contribution in [3.05, 3.63) is 22.7 Å². The van der Waals surface area contributed by atoms with E-state index in [1.165, 1.54) is 24.2 Å². The molecule has 0 unspecified atom stereocenters. The summed E-state index contributed by atoms with van der Waals surface area (Å²) in [6, 6.07) is 0. The van der Waals surface area contributed by atoms with E-state index in [2.05, 4.69) is 10.6 Å². The second-order valence-corrected chi connectivity index (χ2v) is 3.83. The molecule has 0 spiro atoms. The summed E-state index contributed by atoms with van der Waals surface area (Å²) in [5.74, 6) is 1.16. The number of hydrogen-bond acceptors (Lipinski definition) is 3. The first-order valence-electron chi connectivity index (χ1n) is 4.97. The van der Waals surface area contributed by atoms with Crippen LogP contribution >= 0.6 is 24.8 Å². The highest BCUT2D eigenvalue weighted by molar-refractivity contribution is 5.85. The van der Waals surface area contributed by atoms with Gasteiger partial charge in [0.25, 0.3) is 0 Å². The first-order valence-corrected chi connectivity index (χ1v) is 4.97. The largest absolute Gasteiger partial charge is 0.475 e. The molecule has 3 rings (SSSR count). The van der Waals surface area contributed by atoms with Crippen LogP contribution in [0.5, 0.6) is 0 Å². The third-order valence-corrected chi connectivity index (χ3v) is 3.02. The molecular formula is C10H16Cl2N2O. The molecule has 3 nitrogen and oxygen atoms in total. The van der Waals surface area contributed by atoms with Gasteiger partial charge in [0.15, 0.2) is 6.73 Å². The van der Waals surface area contributed by atoms with Crippen LogP contribution in [-0.4, -0.2) is 13.3 Å². The molecule has 0 bridgehead atoms. The summed E-state index contributed by atoms with van der Waals surface area (Å²) in [5.41, 5.74) is 4.33. The van der Waals surface area contributed by atoms with Gasteiger partial charge in [0.2, 0.25) is 0 Å². The lowest BCUT2D eigenvalue weighted by Gasteiger charge is -2.26. The van der Waals surface area contributed by atoms with Crippen LogP contribution in [-0.2, 0) is 4.74 Å². The lowest BCUT2D eigenvalue weighted by atomic mass is 9.92. The molecule has 0 radical (unpaired) electrons. The van der Waals surface area contributed by atoms with Crippen molar-refractivity contribution in [1.82, 2.24) is 10.6 Å². The summed E-state index contributed by atoms with van der Waals surface area (Å²) in [7, 11) is 0. The molecule has 2 aliphatic heterocycles. The number of halogens is 2. The summed E-state index contributed by atoms with van der Waals surface area (Å²) >= 11 is 0. The quantitative estimate of drug-likeness (QED) is 0.691. The zero-order valence-corrected chi connectivity index (χ0v) is 10.1. The van der Waals surface area contributed by atoms with E-state index >= 15 is 0 Å². The predicted molar refractivity (Wildman–Crippen MR) is 64.1 cm³/mol. The second-order valence-electron chi connectivity index (χ2n) is 3.83. The highest BCUT2D eigenvalue weighted by atomic mass is 35.5. The maximum Gasteiger partial charge on any atom is 0.158 e. The molecule has 86 valence electrons. The molecule has 0 aromatic rings. The van der Waals surface area contributed by atoms with Gasteiger partial charge < -0.3 is 15.4 Å². The molecule has 0 saturated heterocycles. The van der Waals surface area contributed by atoms with Gasteiger partial charge in [-0.05, 0) is 18.4 Å². The van der Waals surface area contributed by atoms with Crippen molar-refractivity contribution in [3.63, 3.8) is 0 Å². The summed E-state index contributed by atoms with van der Waals surface area (Å²) in [6.45, 7) is 1.81. The molecule has 0 fully saturated rings. The number of nitrogens with one attached hydrogen (secondary N) is 2. The van der Waals surface area contributed by atoms with Crippen LogP contribution in [0.25, 0.3) is 0 Å². The van der Waals surface area contributed by atoms with Crippen molar-refractivity contribution in [3.8, 4) is 0 Å². The van der Waals surface area contributed by atoms with Crippen LogP contribution in [0, 0.1) is 0 Å². The minimum atomic E-state index is 0. The standard InChI is InChI=1S/C10H14N2O.2ClH/c1-2-7-4-9-10(13-6-12-9)5-8(7)11-3-1;;/h11-12H,1-6H2;2*1H. The molecule has 1 aliphatic carbocycles. The summed E-state index contributed by atoms with van der Waals surface area (Å²) in [4.78, 5) is 0. The Labute approximate surface area is 102 Å². The van der Waals surface area contributed by atoms with E-state index in [0.717, 1.165) is 25.1 Å². The van der Waals surface area contributed by atoms with E-state index in [1.54, 1.807) is 5.57 Å². The topological polar surface area (TPSA) is 33.3 Å². The van der Waals surface area contributed by atoms with E-state index in [-0.39, 0.29) is 24.8 Å². The maximum atomic E-state index is 5.50. The Kier molecular flexibility index (Phi) is 4.17. The monoisotopic (exact) mass is 250 g/mol. The smallest absolute Gasteiger partial charge is 0.158 e. The zero-order chi connectivity index (χ0) is 8.67.